The number of thioether (sulfide) groups is 1. The van der Waals surface area contributed by atoms with Crippen molar-refractivity contribution in [3.63, 3.8) is 0 Å². The molecule has 2 aromatic rings. The Morgan fingerprint density at radius 3 is 2.72 bits per heavy atom. The monoisotopic (exact) mass is 450 g/mol. The van der Waals surface area contributed by atoms with Crippen LogP contribution in [0.2, 0.25) is 5.02 Å². The molecule has 0 aliphatic carbocycles. The zero-order valence-corrected chi connectivity index (χ0v) is 18.0. The number of rotatable bonds is 4. The van der Waals surface area contributed by atoms with E-state index in [1.807, 2.05) is 29.2 Å². The highest BCUT2D eigenvalue weighted by atomic mass is 35.5. The number of methoxy groups -OCH3 is 1. The Morgan fingerprint density at radius 1 is 1.24 bits per heavy atom. The molecule has 0 saturated carbocycles. The van der Waals surface area contributed by atoms with E-state index in [2.05, 4.69) is 4.99 Å². The number of hydrogen-bond donors (Lipinski definition) is 0. The van der Waals surface area contributed by atoms with Gasteiger partial charge >= 0.3 is 0 Å². The van der Waals surface area contributed by atoms with Crippen molar-refractivity contribution in [1.29, 1.82) is 0 Å². The Balaban J connectivity index is 1.64. The summed E-state index contributed by atoms with van der Waals surface area (Å²) in [5.74, 6) is 0.508. The fraction of sp³-hybridized carbons (Fsp3) is 0.300. The summed E-state index contributed by atoms with van der Waals surface area (Å²) < 4.78 is 29.6. The first-order chi connectivity index (χ1) is 13.8. The quantitative estimate of drug-likeness (QED) is 0.712. The number of nitrogens with zero attached hydrogens (tertiary/aromatic N) is 2. The van der Waals surface area contributed by atoms with Crippen LogP contribution in [0.25, 0.3) is 0 Å². The highest BCUT2D eigenvalue weighted by Gasteiger charge is 2.49. The molecule has 2 aliphatic heterocycles. The summed E-state index contributed by atoms with van der Waals surface area (Å²) in [4.78, 5) is 18.8. The summed E-state index contributed by atoms with van der Waals surface area (Å²) in [7, 11) is -1.54. The number of amides is 1. The molecule has 6 nitrogen and oxygen atoms in total. The Kier molecular flexibility index (Phi) is 5.59. The Hall–Kier alpha value is -2.03. The number of amidine groups is 1. The Labute approximate surface area is 178 Å². The van der Waals surface area contributed by atoms with Gasteiger partial charge in [-0.2, -0.15) is 4.99 Å². The van der Waals surface area contributed by atoms with Gasteiger partial charge in [-0.25, -0.2) is 8.42 Å². The average molecular weight is 451 g/mol. The van der Waals surface area contributed by atoms with Crippen molar-refractivity contribution in [1.82, 2.24) is 0 Å². The molecule has 0 spiro atoms. The SMILES string of the molecule is COc1cccc(N2C(=NC(=O)Cc3ccc(Cl)cc3)S[C@H]3CS(=O)(=O)C[C@H]32)c1. The highest BCUT2D eigenvalue weighted by Crippen LogP contribution is 2.41. The molecule has 2 fully saturated rings. The number of hydrogen-bond acceptors (Lipinski definition) is 5. The number of anilines is 1. The van der Waals surface area contributed by atoms with Gasteiger partial charge in [-0.15, -0.1) is 0 Å². The van der Waals surface area contributed by atoms with E-state index < -0.39 is 9.84 Å². The lowest BCUT2D eigenvalue weighted by atomic mass is 10.1. The fourth-order valence-electron chi connectivity index (χ4n) is 3.55. The molecule has 29 heavy (non-hydrogen) atoms. The van der Waals surface area contributed by atoms with Crippen LogP contribution in [0.15, 0.2) is 53.5 Å². The molecule has 4 rings (SSSR count). The van der Waals surface area contributed by atoms with Crippen LogP contribution in [-0.4, -0.2) is 49.4 Å². The van der Waals surface area contributed by atoms with E-state index in [9.17, 15) is 13.2 Å². The number of ether oxygens (including phenoxy) is 1. The number of halogens is 1. The van der Waals surface area contributed by atoms with Crippen LogP contribution in [0.1, 0.15) is 5.56 Å². The minimum atomic E-state index is -3.11. The van der Waals surface area contributed by atoms with Crippen LogP contribution in [-0.2, 0) is 21.1 Å². The molecule has 2 heterocycles. The summed E-state index contributed by atoms with van der Waals surface area (Å²) in [5.41, 5.74) is 1.59. The summed E-state index contributed by atoms with van der Waals surface area (Å²) in [5, 5.41) is 0.993. The van der Waals surface area contributed by atoms with Gasteiger partial charge in [-0.3, -0.25) is 4.79 Å². The molecule has 0 bridgehead atoms. The molecular formula is C20H19ClN2O4S2. The van der Waals surface area contributed by atoms with Gasteiger partial charge in [-0.1, -0.05) is 41.6 Å². The van der Waals surface area contributed by atoms with E-state index >= 15 is 0 Å². The van der Waals surface area contributed by atoms with E-state index in [1.165, 1.54) is 11.8 Å². The summed E-state index contributed by atoms with van der Waals surface area (Å²) in [6.07, 6.45) is 0.154. The Bertz CT molecular complexity index is 1070. The van der Waals surface area contributed by atoms with E-state index in [4.69, 9.17) is 16.3 Å². The number of benzene rings is 2. The largest absolute Gasteiger partial charge is 0.497 e. The second-order valence-corrected chi connectivity index (χ2v) is 10.8. The third-order valence-corrected chi connectivity index (χ3v) is 8.35. The highest BCUT2D eigenvalue weighted by molar-refractivity contribution is 8.16. The lowest BCUT2D eigenvalue weighted by molar-refractivity contribution is -0.117. The maximum absolute atomic E-state index is 12.6. The van der Waals surface area contributed by atoms with Gasteiger partial charge in [0.1, 0.15) is 5.75 Å². The molecule has 0 aromatic heterocycles. The maximum atomic E-state index is 12.6. The van der Waals surface area contributed by atoms with Crippen molar-refractivity contribution in [2.75, 3.05) is 23.5 Å². The van der Waals surface area contributed by atoms with Crippen LogP contribution in [0, 0.1) is 0 Å². The van der Waals surface area contributed by atoms with Crippen LogP contribution in [0.3, 0.4) is 0 Å². The molecule has 0 radical (unpaired) electrons. The van der Waals surface area contributed by atoms with Crippen molar-refractivity contribution < 1.29 is 17.9 Å². The maximum Gasteiger partial charge on any atom is 0.252 e. The molecule has 2 saturated heterocycles. The second kappa shape index (κ2) is 8.01. The van der Waals surface area contributed by atoms with Crippen molar-refractivity contribution >= 4 is 50.0 Å². The summed E-state index contributed by atoms with van der Waals surface area (Å²) >= 11 is 7.25. The molecule has 1 amide bonds. The van der Waals surface area contributed by atoms with Crippen molar-refractivity contribution in [3.8, 4) is 5.75 Å². The predicted molar refractivity (Wildman–Crippen MR) is 117 cm³/mol. The van der Waals surface area contributed by atoms with Crippen molar-refractivity contribution in [2.24, 2.45) is 4.99 Å². The summed E-state index contributed by atoms with van der Waals surface area (Å²) in [6, 6.07) is 14.2. The van der Waals surface area contributed by atoms with E-state index in [1.54, 1.807) is 31.4 Å². The first-order valence-electron chi connectivity index (χ1n) is 9.01. The first kappa shape index (κ1) is 20.3. The normalized spacial score (nSPS) is 23.9. The van der Waals surface area contributed by atoms with Crippen LogP contribution in [0.4, 0.5) is 5.69 Å². The molecule has 152 valence electrons. The minimum absolute atomic E-state index is 0.0479. The second-order valence-electron chi connectivity index (χ2n) is 6.96. The third-order valence-electron chi connectivity index (χ3n) is 4.89. The third kappa shape index (κ3) is 4.44. The van der Waals surface area contributed by atoms with Gasteiger partial charge in [0.15, 0.2) is 15.0 Å². The molecule has 2 atom stereocenters. The number of carbonyl (C=O) groups is 1. The molecule has 2 aliphatic rings. The standard InChI is InChI=1S/C20H19ClN2O4S2/c1-27-16-4-2-3-15(10-16)23-17-11-29(25,26)12-18(17)28-20(23)22-19(24)9-13-5-7-14(21)8-6-13/h2-8,10,17-18H,9,11-12H2,1H3/t17-,18+/m1/s1. The van der Waals surface area contributed by atoms with Gasteiger partial charge in [0, 0.05) is 22.0 Å². The van der Waals surface area contributed by atoms with Crippen molar-refractivity contribution in [3.05, 3.63) is 59.1 Å². The predicted octanol–water partition coefficient (Wildman–Crippen LogP) is 3.19. The van der Waals surface area contributed by atoms with Gasteiger partial charge in [0.05, 0.1) is 31.1 Å². The van der Waals surface area contributed by atoms with Gasteiger partial charge < -0.3 is 9.64 Å². The lowest BCUT2D eigenvalue weighted by Gasteiger charge is -2.24. The van der Waals surface area contributed by atoms with E-state index in [0.29, 0.717) is 15.9 Å². The molecule has 9 heteroatoms. The molecule has 0 unspecified atom stereocenters. The molecular weight excluding hydrogens is 432 g/mol. The minimum Gasteiger partial charge on any atom is -0.497 e. The van der Waals surface area contributed by atoms with E-state index in [0.717, 1.165) is 11.3 Å². The molecule has 2 aromatic carbocycles. The Morgan fingerprint density at radius 2 is 2.00 bits per heavy atom. The average Bonchev–Trinajstić information content (AvgIpc) is 3.14. The number of aliphatic imine (C=N–C) groups is 1. The summed E-state index contributed by atoms with van der Waals surface area (Å²) in [6.45, 7) is 0. The smallest absolute Gasteiger partial charge is 0.252 e. The van der Waals surface area contributed by atoms with Crippen LogP contribution < -0.4 is 9.64 Å². The first-order valence-corrected chi connectivity index (χ1v) is 12.1. The number of sulfone groups is 1. The molecule has 0 N–H and O–H groups in total. The zero-order chi connectivity index (χ0) is 20.6. The van der Waals surface area contributed by atoms with Gasteiger partial charge in [-0.05, 0) is 29.8 Å². The van der Waals surface area contributed by atoms with Crippen LogP contribution >= 0.6 is 23.4 Å². The zero-order valence-electron chi connectivity index (χ0n) is 15.6. The number of carbonyl (C=O) groups excluding carboxylic acids is 1. The number of fused-ring (bicyclic) bond motifs is 1. The topological polar surface area (TPSA) is 76.0 Å². The van der Waals surface area contributed by atoms with Gasteiger partial charge in [0.2, 0.25) is 0 Å². The fourth-order valence-corrected chi connectivity index (χ4v) is 7.61. The lowest BCUT2D eigenvalue weighted by Crippen LogP contribution is -2.37. The van der Waals surface area contributed by atoms with E-state index in [-0.39, 0.29) is 35.1 Å². The van der Waals surface area contributed by atoms with Crippen LogP contribution in [0.5, 0.6) is 5.75 Å². The van der Waals surface area contributed by atoms with Gasteiger partial charge in [0.25, 0.3) is 5.91 Å². The van der Waals surface area contributed by atoms with Crippen molar-refractivity contribution in [2.45, 2.75) is 17.7 Å².